The highest BCUT2D eigenvalue weighted by molar-refractivity contribution is 8.16. The lowest BCUT2D eigenvalue weighted by atomic mass is 10.2. The summed E-state index contributed by atoms with van der Waals surface area (Å²) >= 11 is 8.04. The number of carbonyl (C=O) groups excluding carboxylic acids is 3. The van der Waals surface area contributed by atoms with Crippen LogP contribution >= 0.6 is 35.1 Å². The number of amides is 3. The first kappa shape index (κ1) is 22.2. The normalized spacial score (nSPS) is 20.8. The summed E-state index contributed by atoms with van der Waals surface area (Å²) in [6.45, 7) is 0. The Bertz CT molecular complexity index is 1120. The first-order valence-corrected chi connectivity index (χ1v) is 11.6. The van der Waals surface area contributed by atoms with Crippen LogP contribution in [0.4, 0.5) is 16.2 Å². The Morgan fingerprint density at radius 2 is 1.88 bits per heavy atom. The number of phenolic OH excluding ortho intramolecular Hbond substituents is 1. The van der Waals surface area contributed by atoms with E-state index in [9.17, 15) is 19.5 Å². The first-order valence-electron chi connectivity index (χ1n) is 9.32. The molecule has 0 aromatic heterocycles. The van der Waals surface area contributed by atoms with Crippen molar-refractivity contribution in [3.05, 3.63) is 53.6 Å². The number of benzene rings is 2. The molecule has 0 spiro atoms. The van der Waals surface area contributed by atoms with E-state index in [0.29, 0.717) is 28.0 Å². The van der Waals surface area contributed by atoms with E-state index in [-0.39, 0.29) is 34.4 Å². The summed E-state index contributed by atoms with van der Waals surface area (Å²) in [6.07, 6.45) is -0.0805. The smallest absolute Gasteiger partial charge is 0.284 e. The van der Waals surface area contributed by atoms with Gasteiger partial charge in [-0.15, -0.1) is 10.2 Å². The highest BCUT2D eigenvalue weighted by Crippen LogP contribution is 2.34. The molecule has 9 nitrogen and oxygen atoms in total. The average Bonchev–Trinajstić information content (AvgIpc) is 3.32. The highest BCUT2D eigenvalue weighted by Gasteiger charge is 2.40. The monoisotopic (exact) mass is 489 g/mol. The zero-order chi connectivity index (χ0) is 22.7. The summed E-state index contributed by atoms with van der Waals surface area (Å²) in [4.78, 5) is 38.3. The molecule has 0 bridgehead atoms. The third-order valence-corrected chi connectivity index (χ3v) is 6.55. The molecule has 0 aliphatic carbocycles. The van der Waals surface area contributed by atoms with Gasteiger partial charge < -0.3 is 15.7 Å². The number of hydrogen-bond acceptors (Lipinski definition) is 8. The summed E-state index contributed by atoms with van der Waals surface area (Å²) in [5, 5.41) is 23.0. The van der Waals surface area contributed by atoms with Gasteiger partial charge in [0.2, 0.25) is 11.8 Å². The second-order valence-corrected chi connectivity index (χ2v) is 9.24. The molecule has 0 radical (unpaired) electrons. The van der Waals surface area contributed by atoms with Crippen molar-refractivity contribution < 1.29 is 19.5 Å². The van der Waals surface area contributed by atoms with Crippen LogP contribution in [-0.2, 0) is 9.59 Å². The summed E-state index contributed by atoms with van der Waals surface area (Å²) in [5.41, 5.74) is 1.05. The van der Waals surface area contributed by atoms with Gasteiger partial charge >= 0.3 is 0 Å². The van der Waals surface area contributed by atoms with Crippen molar-refractivity contribution in [2.24, 2.45) is 10.2 Å². The van der Waals surface area contributed by atoms with E-state index >= 15 is 0 Å². The van der Waals surface area contributed by atoms with Gasteiger partial charge in [0.15, 0.2) is 5.17 Å². The van der Waals surface area contributed by atoms with Crippen LogP contribution in [0.2, 0.25) is 5.02 Å². The zero-order valence-corrected chi connectivity index (χ0v) is 18.7. The van der Waals surface area contributed by atoms with E-state index in [0.717, 1.165) is 23.5 Å². The van der Waals surface area contributed by atoms with Crippen molar-refractivity contribution >= 4 is 74.6 Å². The predicted molar refractivity (Wildman–Crippen MR) is 128 cm³/mol. The summed E-state index contributed by atoms with van der Waals surface area (Å²) in [7, 11) is 0. The Labute approximate surface area is 196 Å². The number of halogens is 1. The van der Waals surface area contributed by atoms with Crippen LogP contribution in [0.25, 0.3) is 0 Å². The molecule has 2 saturated heterocycles. The molecule has 2 aromatic carbocycles. The molecule has 3 N–H and O–H groups in total. The number of thioether (sulfide) groups is 2. The molecular formula is C20H16ClN5O4S2. The predicted octanol–water partition coefficient (Wildman–Crippen LogP) is 3.65. The first-order chi connectivity index (χ1) is 15.4. The number of anilines is 2. The van der Waals surface area contributed by atoms with Gasteiger partial charge in [0, 0.05) is 17.1 Å². The van der Waals surface area contributed by atoms with Crippen LogP contribution in [0.15, 0.2) is 58.7 Å². The molecule has 0 saturated carbocycles. The van der Waals surface area contributed by atoms with Gasteiger partial charge in [-0.3, -0.25) is 19.3 Å². The SMILES string of the molecule is O=C(CC1SC(=N/N=C2/CSC(=O)N2)N(c2ccc(O)cc2)C1=O)Nc1ccc(Cl)cc1. The quantitative estimate of drug-likeness (QED) is 0.551. The van der Waals surface area contributed by atoms with Gasteiger partial charge in [-0.1, -0.05) is 35.1 Å². The van der Waals surface area contributed by atoms with E-state index in [2.05, 4.69) is 20.8 Å². The summed E-state index contributed by atoms with van der Waals surface area (Å²) < 4.78 is 0. The van der Waals surface area contributed by atoms with E-state index in [4.69, 9.17) is 11.6 Å². The topological polar surface area (TPSA) is 123 Å². The second kappa shape index (κ2) is 9.63. The zero-order valence-electron chi connectivity index (χ0n) is 16.3. The molecule has 2 aliphatic rings. The average molecular weight is 490 g/mol. The van der Waals surface area contributed by atoms with Crippen molar-refractivity contribution in [3.63, 3.8) is 0 Å². The number of aromatic hydroxyl groups is 1. The highest BCUT2D eigenvalue weighted by atomic mass is 35.5. The van der Waals surface area contributed by atoms with E-state index < -0.39 is 5.25 Å². The molecule has 3 amide bonds. The Morgan fingerprint density at radius 3 is 2.53 bits per heavy atom. The largest absolute Gasteiger partial charge is 0.508 e. The molecule has 1 atom stereocenters. The third kappa shape index (κ3) is 5.23. The molecular weight excluding hydrogens is 474 g/mol. The number of amidine groups is 2. The van der Waals surface area contributed by atoms with Gasteiger partial charge in [-0.25, -0.2) is 0 Å². The Hall–Kier alpha value is -3.02. The maximum absolute atomic E-state index is 13.1. The minimum atomic E-state index is -0.720. The van der Waals surface area contributed by atoms with Crippen molar-refractivity contribution in [3.8, 4) is 5.75 Å². The van der Waals surface area contributed by atoms with Crippen LogP contribution in [-0.4, -0.2) is 44.2 Å². The minimum absolute atomic E-state index is 0.0522. The molecule has 4 rings (SSSR count). The van der Waals surface area contributed by atoms with E-state index in [1.807, 2.05) is 0 Å². The van der Waals surface area contributed by atoms with Gasteiger partial charge in [-0.2, -0.15) is 0 Å². The fourth-order valence-electron chi connectivity index (χ4n) is 2.90. The molecule has 2 aliphatic heterocycles. The van der Waals surface area contributed by atoms with Crippen LogP contribution in [0.5, 0.6) is 5.75 Å². The fraction of sp³-hybridized carbons (Fsp3) is 0.150. The fourth-order valence-corrected chi connectivity index (χ4v) is 4.70. The lowest BCUT2D eigenvalue weighted by Gasteiger charge is -2.16. The lowest BCUT2D eigenvalue weighted by Crippen LogP contribution is -2.33. The van der Waals surface area contributed by atoms with Crippen LogP contribution in [0.1, 0.15) is 6.42 Å². The summed E-state index contributed by atoms with van der Waals surface area (Å²) in [5.74, 6) is 0.124. The van der Waals surface area contributed by atoms with Crippen LogP contribution in [0, 0.1) is 0 Å². The maximum atomic E-state index is 13.1. The summed E-state index contributed by atoms with van der Waals surface area (Å²) in [6, 6.07) is 12.7. The third-order valence-electron chi connectivity index (χ3n) is 4.38. The number of phenols is 1. The molecule has 164 valence electrons. The number of carbonyl (C=O) groups is 3. The van der Waals surface area contributed by atoms with Gasteiger partial charge in [0.05, 0.1) is 11.4 Å². The van der Waals surface area contributed by atoms with Crippen molar-refractivity contribution in [1.82, 2.24) is 5.32 Å². The Balaban J connectivity index is 1.54. The maximum Gasteiger partial charge on any atom is 0.284 e. The minimum Gasteiger partial charge on any atom is -0.508 e. The molecule has 32 heavy (non-hydrogen) atoms. The standard InChI is InChI=1S/C20H16ClN5O4S2/c21-11-1-3-12(4-2-11)22-17(28)9-15-18(29)26(13-5-7-14(27)8-6-13)19(32-15)25-24-16-10-31-20(30)23-16/h1-8,15,27H,9-10H2,(H,22,28)(H,23,24,30). The van der Waals surface area contributed by atoms with Crippen LogP contribution < -0.4 is 15.5 Å². The molecule has 12 heteroatoms. The second-order valence-electron chi connectivity index (χ2n) is 6.69. The molecule has 1 unspecified atom stereocenters. The number of rotatable bonds is 5. The van der Waals surface area contributed by atoms with Gasteiger partial charge in [0.25, 0.3) is 5.24 Å². The van der Waals surface area contributed by atoms with Crippen LogP contribution in [0.3, 0.4) is 0 Å². The van der Waals surface area contributed by atoms with Crippen molar-refractivity contribution in [1.29, 1.82) is 0 Å². The number of hydrogen-bond donors (Lipinski definition) is 3. The molecule has 2 fully saturated rings. The van der Waals surface area contributed by atoms with Gasteiger partial charge in [0.1, 0.15) is 16.8 Å². The Morgan fingerprint density at radius 1 is 1.16 bits per heavy atom. The van der Waals surface area contributed by atoms with Gasteiger partial charge in [-0.05, 0) is 48.5 Å². The van der Waals surface area contributed by atoms with E-state index in [1.165, 1.54) is 17.0 Å². The Kier molecular flexibility index (Phi) is 6.68. The van der Waals surface area contributed by atoms with E-state index in [1.54, 1.807) is 36.4 Å². The molecule has 2 aromatic rings. The van der Waals surface area contributed by atoms with Crippen molar-refractivity contribution in [2.45, 2.75) is 11.7 Å². The number of nitrogens with one attached hydrogen (secondary N) is 2. The molecule has 2 heterocycles. The number of nitrogens with zero attached hydrogens (tertiary/aromatic N) is 3. The van der Waals surface area contributed by atoms with Crippen molar-refractivity contribution in [2.75, 3.05) is 16.0 Å². The lowest BCUT2D eigenvalue weighted by molar-refractivity contribution is -0.121.